The third-order valence-electron chi connectivity index (χ3n) is 2.89. The molecular weight excluding hydrogens is 211 g/mol. The largest absolute Gasteiger partial charge is 0.478 e. The quantitative estimate of drug-likeness (QED) is 0.822. The first kappa shape index (κ1) is 10.9. The van der Waals surface area contributed by atoms with Crippen LogP contribution in [0.4, 0.5) is 10.2 Å². The summed E-state index contributed by atoms with van der Waals surface area (Å²) in [4.78, 5) is 14.5. The van der Waals surface area contributed by atoms with Gasteiger partial charge in [0.15, 0.2) is 11.6 Å². The van der Waals surface area contributed by atoms with E-state index in [4.69, 9.17) is 5.11 Å². The fourth-order valence-electron chi connectivity index (χ4n) is 1.76. The number of aromatic nitrogens is 1. The van der Waals surface area contributed by atoms with Gasteiger partial charge in [-0.2, -0.15) is 0 Å². The van der Waals surface area contributed by atoms with Crippen molar-refractivity contribution in [2.45, 2.75) is 25.8 Å². The van der Waals surface area contributed by atoms with Gasteiger partial charge in [0.2, 0.25) is 0 Å². The maximum Gasteiger partial charge on any atom is 0.338 e. The predicted molar refractivity (Wildman–Crippen MR) is 57.0 cm³/mol. The summed E-state index contributed by atoms with van der Waals surface area (Å²) in [6.07, 6.45) is 3.34. The molecule has 0 bridgehead atoms. The van der Waals surface area contributed by atoms with Crippen LogP contribution in [0, 0.1) is 11.7 Å². The summed E-state index contributed by atoms with van der Waals surface area (Å²) in [6.45, 7) is 2.07. The summed E-state index contributed by atoms with van der Waals surface area (Å²) in [5, 5.41) is 11.7. The van der Waals surface area contributed by atoms with E-state index in [1.54, 1.807) is 0 Å². The van der Waals surface area contributed by atoms with Crippen LogP contribution in [0.25, 0.3) is 0 Å². The Bertz CT molecular complexity index is 422. The van der Waals surface area contributed by atoms with Crippen molar-refractivity contribution in [3.63, 3.8) is 0 Å². The summed E-state index contributed by atoms with van der Waals surface area (Å²) in [6, 6.07) is 1.39. The van der Waals surface area contributed by atoms with Crippen LogP contribution in [0.5, 0.6) is 0 Å². The predicted octanol–water partition coefficient (Wildman–Crippen LogP) is 2.13. The standard InChI is InChI=1S/C11H13FN2O2/c1-2-6-5-8(6)14-10-9(12)7(11(15)16)3-4-13-10/h3-4,6,8H,2,5H2,1H3,(H,13,14)(H,15,16). The number of rotatable bonds is 4. The smallest absolute Gasteiger partial charge is 0.338 e. The molecule has 0 radical (unpaired) electrons. The van der Waals surface area contributed by atoms with Gasteiger partial charge in [-0.25, -0.2) is 14.2 Å². The molecule has 5 heteroatoms. The van der Waals surface area contributed by atoms with Crippen molar-refractivity contribution in [1.82, 2.24) is 4.98 Å². The maximum absolute atomic E-state index is 13.6. The van der Waals surface area contributed by atoms with E-state index in [0.29, 0.717) is 5.92 Å². The zero-order chi connectivity index (χ0) is 11.7. The van der Waals surface area contributed by atoms with Crippen molar-refractivity contribution >= 4 is 11.8 Å². The van der Waals surface area contributed by atoms with E-state index in [2.05, 4.69) is 17.2 Å². The van der Waals surface area contributed by atoms with Crippen LogP contribution in [0.15, 0.2) is 12.3 Å². The Kier molecular flexibility index (Phi) is 2.77. The number of hydrogen-bond donors (Lipinski definition) is 2. The van der Waals surface area contributed by atoms with Gasteiger partial charge in [-0.1, -0.05) is 13.3 Å². The Balaban J connectivity index is 2.16. The highest BCUT2D eigenvalue weighted by atomic mass is 19.1. The fourth-order valence-corrected chi connectivity index (χ4v) is 1.76. The van der Waals surface area contributed by atoms with Crippen LogP contribution in [0.2, 0.25) is 0 Å². The second-order valence-electron chi connectivity index (χ2n) is 3.98. The molecule has 2 atom stereocenters. The minimum absolute atomic E-state index is 0.0425. The van der Waals surface area contributed by atoms with Crippen molar-refractivity contribution in [3.05, 3.63) is 23.6 Å². The Morgan fingerprint density at radius 2 is 2.50 bits per heavy atom. The summed E-state index contributed by atoms with van der Waals surface area (Å²) in [5.41, 5.74) is -0.341. The van der Waals surface area contributed by atoms with E-state index >= 15 is 0 Å². The van der Waals surface area contributed by atoms with Crippen molar-refractivity contribution in [2.24, 2.45) is 5.92 Å². The van der Waals surface area contributed by atoms with Crippen LogP contribution in [-0.4, -0.2) is 22.1 Å². The SMILES string of the molecule is CCC1CC1Nc1nccc(C(=O)O)c1F. The first-order valence-corrected chi connectivity index (χ1v) is 5.27. The number of hydrogen-bond acceptors (Lipinski definition) is 3. The summed E-state index contributed by atoms with van der Waals surface area (Å²) in [7, 11) is 0. The fraction of sp³-hybridized carbons (Fsp3) is 0.455. The second-order valence-corrected chi connectivity index (χ2v) is 3.98. The van der Waals surface area contributed by atoms with Crippen molar-refractivity contribution < 1.29 is 14.3 Å². The first-order valence-electron chi connectivity index (χ1n) is 5.27. The van der Waals surface area contributed by atoms with E-state index in [9.17, 15) is 9.18 Å². The topological polar surface area (TPSA) is 62.2 Å². The third kappa shape index (κ3) is 1.98. The number of carboxylic acids is 1. The lowest BCUT2D eigenvalue weighted by Gasteiger charge is -2.06. The number of nitrogens with one attached hydrogen (secondary N) is 1. The minimum atomic E-state index is -1.27. The molecule has 0 saturated heterocycles. The molecule has 2 N–H and O–H groups in total. The van der Waals surface area contributed by atoms with Gasteiger partial charge in [-0.05, 0) is 18.4 Å². The third-order valence-corrected chi connectivity index (χ3v) is 2.89. The van der Waals surface area contributed by atoms with Crippen LogP contribution >= 0.6 is 0 Å². The highest BCUT2D eigenvalue weighted by molar-refractivity contribution is 5.88. The molecule has 2 unspecified atom stereocenters. The average molecular weight is 224 g/mol. The van der Waals surface area contributed by atoms with Crippen molar-refractivity contribution in [3.8, 4) is 0 Å². The molecule has 1 aromatic rings. The van der Waals surface area contributed by atoms with E-state index in [1.807, 2.05) is 0 Å². The Morgan fingerprint density at radius 3 is 3.06 bits per heavy atom. The number of carboxylic acid groups (broad SMARTS) is 1. The molecular formula is C11H13FN2O2. The maximum atomic E-state index is 13.6. The van der Waals surface area contributed by atoms with Gasteiger partial charge in [0.1, 0.15) is 5.56 Å². The first-order chi connectivity index (χ1) is 7.63. The molecule has 1 aromatic heterocycles. The molecule has 0 aromatic carbocycles. The molecule has 1 heterocycles. The van der Waals surface area contributed by atoms with E-state index in [0.717, 1.165) is 18.9 Å². The van der Waals surface area contributed by atoms with Crippen molar-refractivity contribution in [1.29, 1.82) is 0 Å². The van der Waals surface area contributed by atoms with Gasteiger partial charge in [-0.15, -0.1) is 0 Å². The van der Waals surface area contributed by atoms with Crippen LogP contribution < -0.4 is 5.32 Å². The van der Waals surface area contributed by atoms with E-state index < -0.39 is 11.8 Å². The molecule has 4 nitrogen and oxygen atoms in total. The van der Waals surface area contributed by atoms with Crippen LogP contribution in [0.1, 0.15) is 30.1 Å². The Labute approximate surface area is 92.5 Å². The number of pyridine rings is 1. The lowest BCUT2D eigenvalue weighted by atomic mass is 10.2. The van der Waals surface area contributed by atoms with Gasteiger partial charge in [-0.3, -0.25) is 0 Å². The Hall–Kier alpha value is -1.65. The number of anilines is 1. The van der Waals surface area contributed by atoms with Gasteiger partial charge in [0, 0.05) is 12.2 Å². The molecule has 1 aliphatic carbocycles. The summed E-state index contributed by atoms with van der Waals surface area (Å²) >= 11 is 0. The van der Waals surface area contributed by atoms with Gasteiger partial charge in [0.05, 0.1) is 0 Å². The number of nitrogens with zero attached hydrogens (tertiary/aromatic N) is 1. The van der Waals surface area contributed by atoms with Gasteiger partial charge in [0.25, 0.3) is 0 Å². The zero-order valence-electron chi connectivity index (χ0n) is 8.90. The number of carbonyl (C=O) groups is 1. The summed E-state index contributed by atoms with van der Waals surface area (Å²) in [5.74, 6) is -1.46. The van der Waals surface area contributed by atoms with E-state index in [1.165, 1.54) is 6.20 Å². The zero-order valence-corrected chi connectivity index (χ0v) is 8.90. The van der Waals surface area contributed by atoms with Crippen LogP contribution in [-0.2, 0) is 0 Å². The highest BCUT2D eigenvalue weighted by Gasteiger charge is 2.36. The lowest BCUT2D eigenvalue weighted by Crippen LogP contribution is -2.11. The number of aromatic carboxylic acids is 1. The number of halogens is 1. The molecule has 0 aliphatic heterocycles. The van der Waals surface area contributed by atoms with Crippen LogP contribution in [0.3, 0.4) is 0 Å². The lowest BCUT2D eigenvalue weighted by molar-refractivity contribution is 0.0692. The normalized spacial score (nSPS) is 22.9. The molecule has 1 saturated carbocycles. The molecule has 1 fully saturated rings. The molecule has 0 spiro atoms. The molecule has 0 amide bonds. The van der Waals surface area contributed by atoms with Gasteiger partial charge >= 0.3 is 5.97 Å². The Morgan fingerprint density at radius 1 is 1.75 bits per heavy atom. The minimum Gasteiger partial charge on any atom is -0.478 e. The highest BCUT2D eigenvalue weighted by Crippen LogP contribution is 2.36. The van der Waals surface area contributed by atoms with E-state index in [-0.39, 0.29) is 17.4 Å². The van der Waals surface area contributed by atoms with Gasteiger partial charge < -0.3 is 10.4 Å². The van der Waals surface area contributed by atoms with Crippen molar-refractivity contribution in [2.75, 3.05) is 5.32 Å². The summed E-state index contributed by atoms with van der Waals surface area (Å²) < 4.78 is 13.6. The monoisotopic (exact) mass is 224 g/mol. The average Bonchev–Trinajstić information content (AvgIpc) is 2.99. The molecule has 2 rings (SSSR count). The molecule has 1 aliphatic rings. The molecule has 16 heavy (non-hydrogen) atoms. The molecule has 86 valence electrons. The second kappa shape index (κ2) is 4.08.